The minimum absolute atomic E-state index is 0.111. The van der Waals surface area contributed by atoms with E-state index >= 15 is 0 Å². The number of hydrogen-bond acceptors (Lipinski definition) is 15. The lowest BCUT2D eigenvalue weighted by Gasteiger charge is -2.45. The average molecular weight is 658 g/mol. The molecule has 3 aliphatic rings. The van der Waals surface area contributed by atoms with Crippen molar-refractivity contribution >= 4 is 71.7 Å². The number of ether oxygens (including phenoxy) is 1. The maximum atomic E-state index is 11.8. The molecule has 3 fully saturated rings. The Hall–Kier alpha value is -2.34. The van der Waals surface area contributed by atoms with E-state index in [1.54, 1.807) is 18.5 Å². The van der Waals surface area contributed by atoms with E-state index in [2.05, 4.69) is 15.0 Å². The minimum Gasteiger partial charge on any atom is -0.396 e. The molecule has 20 heteroatoms. The van der Waals surface area contributed by atoms with Gasteiger partial charge < -0.3 is 49.5 Å². The predicted molar refractivity (Wildman–Crippen MR) is 160 cm³/mol. The fourth-order valence-electron chi connectivity index (χ4n) is 5.38. The Morgan fingerprint density at radius 3 is 2.79 bits per heavy atom. The van der Waals surface area contributed by atoms with E-state index in [4.69, 9.17) is 69.5 Å². The van der Waals surface area contributed by atoms with Crippen molar-refractivity contribution in [1.29, 1.82) is 0 Å². The van der Waals surface area contributed by atoms with Crippen LogP contribution in [0.3, 0.4) is 0 Å². The van der Waals surface area contributed by atoms with Gasteiger partial charge in [0.1, 0.15) is 24.2 Å². The highest BCUT2D eigenvalue weighted by Crippen LogP contribution is 2.55. The number of nitrogen functional groups attached to an aromatic ring is 2. The molecule has 1 saturated carbocycles. The molecule has 6 rings (SSSR count). The molecule has 2 aromatic heterocycles. The lowest BCUT2D eigenvalue weighted by molar-refractivity contribution is -0.0581. The number of primary amides is 1. The normalized spacial score (nSPS) is 33.5. The van der Waals surface area contributed by atoms with Crippen molar-refractivity contribution in [1.82, 2.24) is 19.5 Å². The van der Waals surface area contributed by atoms with Gasteiger partial charge in [-0.05, 0) is 42.2 Å². The first-order valence-electron chi connectivity index (χ1n) is 12.8. The van der Waals surface area contributed by atoms with Crippen LogP contribution < -0.4 is 28.1 Å². The largest absolute Gasteiger partial charge is 0.396 e. The second-order valence-electron chi connectivity index (χ2n) is 10.1. The summed E-state index contributed by atoms with van der Waals surface area (Å²) in [5, 5.41) is 1.29. The number of rotatable bonds is 4. The number of nitrogens with two attached hydrogens (primary N) is 4. The molecule has 0 spiro atoms. The minimum atomic E-state index is -3.76. The predicted octanol–water partition coefficient (Wildman–Crippen LogP) is 0.686. The van der Waals surface area contributed by atoms with Crippen LogP contribution in [-0.4, -0.2) is 68.1 Å². The van der Waals surface area contributed by atoms with Crippen LogP contribution in [0.1, 0.15) is 29.2 Å². The number of carbonyl (C=O) groups excluding carboxylic acids is 1. The highest BCUT2D eigenvalue weighted by molar-refractivity contribution is 8.07. The smallest absolute Gasteiger partial charge is 0.324 e. The SMILES string of the molecule is NC(=O)c1cccc(N(N)C2C[C@@H]3O[PH](=S)OCC4CC(n5cnc6c(N)ncnc65)C4OP(O)(=S)OCC3O2)c1N. The summed E-state index contributed by atoms with van der Waals surface area (Å²) in [6.45, 7) is -3.71. The number of imidazole rings is 1. The second kappa shape index (κ2) is 11.6. The Labute approximate surface area is 250 Å². The van der Waals surface area contributed by atoms with Crippen LogP contribution in [0.5, 0.6) is 0 Å². The zero-order valence-corrected chi connectivity index (χ0v) is 25.4. The summed E-state index contributed by atoms with van der Waals surface area (Å²) in [4.78, 5) is 35.4. The number of nitrogens with zero attached hydrogens (tertiary/aromatic N) is 5. The average Bonchev–Trinajstić information content (AvgIpc) is 3.54. The quantitative estimate of drug-likeness (QED) is 0.112. The summed E-state index contributed by atoms with van der Waals surface area (Å²) < 4.78 is 31.8. The molecular formula is C22H29N9O7P2S2. The van der Waals surface area contributed by atoms with Crippen molar-refractivity contribution in [3.63, 3.8) is 0 Å². The van der Waals surface area contributed by atoms with Crippen molar-refractivity contribution in [3.8, 4) is 0 Å². The number of anilines is 3. The fraction of sp³-hybridized carbons (Fsp3) is 0.455. The van der Waals surface area contributed by atoms with E-state index in [1.807, 2.05) is 4.57 Å². The van der Waals surface area contributed by atoms with Gasteiger partial charge in [0.25, 0.3) is 5.91 Å². The Kier molecular flexibility index (Phi) is 8.23. The summed E-state index contributed by atoms with van der Waals surface area (Å²) in [5.41, 5.74) is 19.1. The van der Waals surface area contributed by atoms with Crippen LogP contribution in [0.4, 0.5) is 17.2 Å². The molecule has 3 aromatic rings. The highest BCUT2D eigenvalue weighted by atomic mass is 32.5. The summed E-state index contributed by atoms with van der Waals surface area (Å²) >= 11 is 10.9. The number of carbonyl (C=O) groups is 1. The second-order valence-corrected chi connectivity index (χ2v) is 14.9. The maximum Gasteiger partial charge on any atom is 0.324 e. The first kappa shape index (κ1) is 29.7. The molecule has 1 aromatic carbocycles. The van der Waals surface area contributed by atoms with Crippen molar-refractivity contribution in [2.24, 2.45) is 17.5 Å². The number of benzene rings is 1. The fourth-order valence-corrected chi connectivity index (χ4v) is 8.36. The molecule has 8 atom stereocenters. The summed E-state index contributed by atoms with van der Waals surface area (Å²) in [6, 6.07) is 4.48. The third-order valence-corrected chi connectivity index (χ3v) is 10.7. The van der Waals surface area contributed by atoms with Crippen molar-refractivity contribution < 1.29 is 32.5 Å². The topological polar surface area (TPSA) is 234 Å². The van der Waals surface area contributed by atoms with Gasteiger partial charge in [0.15, 0.2) is 18.6 Å². The number of para-hydroxylation sites is 1. The first-order valence-corrected chi connectivity index (χ1v) is 17.9. The number of amides is 1. The van der Waals surface area contributed by atoms with Crippen LogP contribution in [0.2, 0.25) is 0 Å². The number of aromatic nitrogens is 4. The Balaban J connectivity index is 1.20. The first-order chi connectivity index (χ1) is 20.0. The zero-order chi connectivity index (χ0) is 29.8. The van der Waals surface area contributed by atoms with Gasteiger partial charge in [-0.1, -0.05) is 6.07 Å². The number of hydrazine groups is 1. The molecule has 0 radical (unpaired) electrons. The molecule has 226 valence electrons. The molecule has 2 aliphatic heterocycles. The van der Waals surface area contributed by atoms with E-state index < -0.39 is 44.3 Å². The molecule has 7 unspecified atom stereocenters. The Morgan fingerprint density at radius 1 is 1.19 bits per heavy atom. The van der Waals surface area contributed by atoms with Gasteiger partial charge in [-0.15, -0.1) is 0 Å². The molecule has 0 bridgehead atoms. The van der Waals surface area contributed by atoms with Gasteiger partial charge in [0, 0.05) is 12.3 Å². The van der Waals surface area contributed by atoms with Gasteiger partial charge in [0.2, 0.25) is 0 Å². The van der Waals surface area contributed by atoms with E-state index in [9.17, 15) is 9.69 Å². The molecule has 1 aliphatic carbocycles. The van der Waals surface area contributed by atoms with Gasteiger partial charge in [-0.3, -0.25) is 9.80 Å². The van der Waals surface area contributed by atoms with Crippen molar-refractivity contribution in [2.75, 3.05) is 29.7 Å². The molecule has 4 heterocycles. The van der Waals surface area contributed by atoms with Crippen LogP contribution in [0, 0.1) is 5.92 Å². The van der Waals surface area contributed by atoms with E-state index in [0.717, 1.165) is 0 Å². The standard InChI is InChI=1S/C22H29N9O7P2S2/c23-17-11(21(25)32)2-1-3-12(17)31(26)16-5-14-15(36-16)7-35-40(33,42)38-19-10(6-34-39(41)37-14)4-13(19)30-9-29-18-20(24)27-8-28-22(18)30/h1-3,8-10,13-16,19,39H,4-7,23,26H2,(H2,25,32)(H,33,42)(H2,24,27,28)/t10?,13?,14-,15?,16?,19?,40?/m0/s1. The number of hydrogen-bond donors (Lipinski definition) is 5. The number of fused-ring (bicyclic) bond motifs is 3. The molecule has 2 saturated heterocycles. The van der Waals surface area contributed by atoms with Gasteiger partial charge >= 0.3 is 6.72 Å². The Morgan fingerprint density at radius 2 is 2.00 bits per heavy atom. The highest BCUT2D eigenvalue weighted by Gasteiger charge is 2.48. The van der Waals surface area contributed by atoms with Gasteiger partial charge in [0.05, 0.1) is 54.7 Å². The molecule has 1 amide bonds. The Bertz CT molecular complexity index is 1600. The molecule has 9 N–H and O–H groups in total. The molecule has 42 heavy (non-hydrogen) atoms. The summed E-state index contributed by atoms with van der Waals surface area (Å²) in [5.74, 6) is 5.79. The molecule has 16 nitrogen and oxygen atoms in total. The van der Waals surface area contributed by atoms with Crippen molar-refractivity contribution in [2.45, 2.75) is 43.4 Å². The summed E-state index contributed by atoms with van der Waals surface area (Å²) in [7, 11) is -2.16. The van der Waals surface area contributed by atoms with Gasteiger partial charge in [-0.25, -0.2) is 20.8 Å². The monoisotopic (exact) mass is 657 g/mol. The molecular weight excluding hydrogens is 628 g/mol. The van der Waals surface area contributed by atoms with Crippen LogP contribution in [0.15, 0.2) is 30.9 Å². The van der Waals surface area contributed by atoms with E-state index in [0.29, 0.717) is 23.3 Å². The van der Waals surface area contributed by atoms with Crippen molar-refractivity contribution in [3.05, 3.63) is 36.4 Å². The van der Waals surface area contributed by atoms with Crippen LogP contribution in [-0.2, 0) is 46.4 Å². The third kappa shape index (κ3) is 5.65. The van der Waals surface area contributed by atoms with Gasteiger partial charge in [-0.2, -0.15) is 0 Å². The lowest BCUT2D eigenvalue weighted by atomic mass is 9.77. The summed E-state index contributed by atoms with van der Waals surface area (Å²) in [6.07, 6.45) is 1.21. The van der Waals surface area contributed by atoms with Crippen LogP contribution in [0.25, 0.3) is 11.2 Å². The lowest BCUT2D eigenvalue weighted by Crippen LogP contribution is -2.46. The third-order valence-electron chi connectivity index (χ3n) is 7.57. The van der Waals surface area contributed by atoms with Crippen LogP contribution >= 0.6 is 13.9 Å². The van der Waals surface area contributed by atoms with E-state index in [1.165, 1.54) is 17.4 Å². The van der Waals surface area contributed by atoms with E-state index in [-0.39, 0.29) is 48.7 Å². The maximum absolute atomic E-state index is 11.8. The zero-order valence-electron chi connectivity index (χ0n) is 21.9.